The van der Waals surface area contributed by atoms with Crippen molar-refractivity contribution in [2.75, 3.05) is 13.2 Å². The summed E-state index contributed by atoms with van der Waals surface area (Å²) >= 11 is 0. The highest BCUT2D eigenvalue weighted by Crippen LogP contribution is 2.04. The van der Waals surface area contributed by atoms with E-state index in [-0.39, 0.29) is 18.8 Å². The van der Waals surface area contributed by atoms with Gasteiger partial charge in [0, 0.05) is 12.6 Å². The van der Waals surface area contributed by atoms with Gasteiger partial charge in [-0.05, 0) is 25.3 Å². The number of hydrogen-bond donors (Lipinski definition) is 3. The lowest BCUT2D eigenvalue weighted by molar-refractivity contribution is 0.151. The van der Waals surface area contributed by atoms with Crippen LogP contribution in [0.1, 0.15) is 18.9 Å². The Bertz CT molecular complexity index is 277. The van der Waals surface area contributed by atoms with Crippen molar-refractivity contribution in [1.82, 2.24) is 5.32 Å². The number of hydrogen-bond acceptors (Lipinski definition) is 3. The maximum Gasteiger partial charge on any atom is 0.0667 e. The third kappa shape index (κ3) is 5.26. The minimum Gasteiger partial charge on any atom is -0.395 e. The van der Waals surface area contributed by atoms with Crippen LogP contribution in [0, 0.1) is 0 Å². The summed E-state index contributed by atoms with van der Waals surface area (Å²) in [7, 11) is 0. The molecule has 2 atom stereocenters. The minimum absolute atomic E-state index is 0.0476. The van der Waals surface area contributed by atoms with Crippen LogP contribution in [-0.2, 0) is 6.42 Å². The van der Waals surface area contributed by atoms with E-state index in [0.29, 0.717) is 6.54 Å². The molecule has 0 aromatic heterocycles. The Balaban J connectivity index is 2.18. The van der Waals surface area contributed by atoms with E-state index in [0.717, 1.165) is 12.8 Å². The summed E-state index contributed by atoms with van der Waals surface area (Å²) in [5, 5.41) is 21.6. The maximum atomic E-state index is 9.71. The molecule has 3 heteroatoms. The van der Waals surface area contributed by atoms with Crippen LogP contribution in [0.25, 0.3) is 0 Å². The summed E-state index contributed by atoms with van der Waals surface area (Å²) in [6, 6.07) is 10.2. The molecule has 0 fully saturated rings. The second-order valence-corrected chi connectivity index (χ2v) is 4.17. The molecule has 0 heterocycles. The lowest BCUT2D eigenvalue weighted by Gasteiger charge is -2.15. The molecule has 16 heavy (non-hydrogen) atoms. The highest BCUT2D eigenvalue weighted by Gasteiger charge is 2.06. The average molecular weight is 223 g/mol. The molecule has 0 aliphatic heterocycles. The summed E-state index contributed by atoms with van der Waals surface area (Å²) in [5.41, 5.74) is 1.25. The van der Waals surface area contributed by atoms with Gasteiger partial charge in [-0.1, -0.05) is 30.3 Å². The fourth-order valence-corrected chi connectivity index (χ4v) is 1.48. The van der Waals surface area contributed by atoms with E-state index in [9.17, 15) is 5.11 Å². The topological polar surface area (TPSA) is 52.5 Å². The predicted molar refractivity (Wildman–Crippen MR) is 65.3 cm³/mol. The summed E-state index contributed by atoms with van der Waals surface area (Å²) < 4.78 is 0. The van der Waals surface area contributed by atoms with E-state index in [4.69, 9.17) is 5.11 Å². The molecule has 1 aromatic carbocycles. The van der Waals surface area contributed by atoms with Gasteiger partial charge in [-0.25, -0.2) is 0 Å². The summed E-state index contributed by atoms with van der Waals surface area (Å²) in [6.07, 6.45) is 1.28. The number of rotatable bonds is 7. The van der Waals surface area contributed by atoms with Crippen molar-refractivity contribution in [2.24, 2.45) is 0 Å². The molecule has 0 saturated heterocycles. The Hall–Kier alpha value is -0.900. The van der Waals surface area contributed by atoms with Crippen molar-refractivity contribution in [3.8, 4) is 0 Å². The lowest BCUT2D eigenvalue weighted by atomic mass is 10.1. The molecule has 0 amide bonds. The third-order valence-corrected chi connectivity index (χ3v) is 2.58. The highest BCUT2D eigenvalue weighted by atomic mass is 16.3. The molecule has 0 unspecified atom stereocenters. The molecule has 0 aliphatic carbocycles. The Morgan fingerprint density at radius 3 is 2.56 bits per heavy atom. The van der Waals surface area contributed by atoms with Gasteiger partial charge >= 0.3 is 0 Å². The van der Waals surface area contributed by atoms with Crippen LogP contribution in [0.3, 0.4) is 0 Å². The fourth-order valence-electron chi connectivity index (χ4n) is 1.48. The zero-order valence-electron chi connectivity index (χ0n) is 9.76. The van der Waals surface area contributed by atoms with E-state index in [2.05, 4.69) is 17.4 Å². The first kappa shape index (κ1) is 13.2. The first-order chi connectivity index (χ1) is 7.72. The van der Waals surface area contributed by atoms with Crippen molar-refractivity contribution in [1.29, 1.82) is 0 Å². The number of aliphatic hydroxyl groups excluding tert-OH is 2. The van der Waals surface area contributed by atoms with Gasteiger partial charge in [0.15, 0.2) is 0 Å². The monoisotopic (exact) mass is 223 g/mol. The van der Waals surface area contributed by atoms with Crippen molar-refractivity contribution >= 4 is 0 Å². The Labute approximate surface area is 97.1 Å². The SMILES string of the molecule is C[C@H](CO)NC[C@H](O)CCc1ccccc1. The Kier molecular flexibility index (Phi) is 6.08. The Morgan fingerprint density at radius 1 is 1.25 bits per heavy atom. The molecule has 90 valence electrons. The van der Waals surface area contributed by atoms with E-state index in [1.165, 1.54) is 5.56 Å². The number of aryl methyl sites for hydroxylation is 1. The molecule has 0 bridgehead atoms. The summed E-state index contributed by atoms with van der Waals surface area (Å²) in [5.74, 6) is 0. The first-order valence-electron chi connectivity index (χ1n) is 5.78. The van der Waals surface area contributed by atoms with Crippen molar-refractivity contribution in [3.63, 3.8) is 0 Å². The minimum atomic E-state index is -0.353. The van der Waals surface area contributed by atoms with Crippen LogP contribution in [0.5, 0.6) is 0 Å². The molecule has 0 aliphatic rings. The second-order valence-electron chi connectivity index (χ2n) is 4.17. The molecule has 0 spiro atoms. The normalized spacial score (nSPS) is 14.7. The van der Waals surface area contributed by atoms with Crippen LogP contribution in [-0.4, -0.2) is 35.5 Å². The van der Waals surface area contributed by atoms with E-state index >= 15 is 0 Å². The first-order valence-corrected chi connectivity index (χ1v) is 5.78. The summed E-state index contributed by atoms with van der Waals surface area (Å²) in [6.45, 7) is 2.53. The van der Waals surface area contributed by atoms with Gasteiger partial charge < -0.3 is 15.5 Å². The van der Waals surface area contributed by atoms with E-state index < -0.39 is 0 Å². The van der Waals surface area contributed by atoms with Gasteiger partial charge in [0.25, 0.3) is 0 Å². The van der Waals surface area contributed by atoms with Gasteiger partial charge in [0.05, 0.1) is 12.7 Å². The molecule has 3 nitrogen and oxygen atoms in total. The number of aliphatic hydroxyl groups is 2. The van der Waals surface area contributed by atoms with Gasteiger partial charge in [0.2, 0.25) is 0 Å². The van der Waals surface area contributed by atoms with Crippen molar-refractivity contribution in [2.45, 2.75) is 31.9 Å². The zero-order chi connectivity index (χ0) is 11.8. The third-order valence-electron chi connectivity index (χ3n) is 2.58. The van der Waals surface area contributed by atoms with E-state index in [1.807, 2.05) is 25.1 Å². The molecule has 1 aromatic rings. The van der Waals surface area contributed by atoms with Gasteiger partial charge in [-0.3, -0.25) is 0 Å². The van der Waals surface area contributed by atoms with Crippen molar-refractivity contribution < 1.29 is 10.2 Å². The van der Waals surface area contributed by atoms with Gasteiger partial charge in [0.1, 0.15) is 0 Å². The van der Waals surface area contributed by atoms with Crippen LogP contribution < -0.4 is 5.32 Å². The molecular weight excluding hydrogens is 202 g/mol. The zero-order valence-corrected chi connectivity index (χ0v) is 9.76. The van der Waals surface area contributed by atoms with Crippen molar-refractivity contribution in [3.05, 3.63) is 35.9 Å². The molecule has 0 radical (unpaired) electrons. The van der Waals surface area contributed by atoms with Crippen LogP contribution in [0.2, 0.25) is 0 Å². The van der Waals surface area contributed by atoms with Crippen LogP contribution in [0.4, 0.5) is 0 Å². The van der Waals surface area contributed by atoms with E-state index in [1.54, 1.807) is 0 Å². The summed E-state index contributed by atoms with van der Waals surface area (Å²) in [4.78, 5) is 0. The number of nitrogens with one attached hydrogen (secondary N) is 1. The second kappa shape index (κ2) is 7.39. The molecule has 1 rings (SSSR count). The maximum absolute atomic E-state index is 9.71. The highest BCUT2D eigenvalue weighted by molar-refractivity contribution is 5.14. The van der Waals surface area contributed by atoms with Gasteiger partial charge in [-0.15, -0.1) is 0 Å². The standard InChI is InChI=1S/C13H21NO2/c1-11(10-15)14-9-13(16)8-7-12-5-3-2-4-6-12/h2-6,11,13-16H,7-10H2,1H3/t11-,13-/m1/s1. The molecule has 3 N–H and O–H groups in total. The van der Waals surface area contributed by atoms with Crippen LogP contribution >= 0.6 is 0 Å². The van der Waals surface area contributed by atoms with Crippen LogP contribution in [0.15, 0.2) is 30.3 Å². The largest absolute Gasteiger partial charge is 0.395 e. The Morgan fingerprint density at radius 2 is 1.94 bits per heavy atom. The molecular formula is C13H21NO2. The average Bonchev–Trinajstić information content (AvgIpc) is 2.34. The van der Waals surface area contributed by atoms with Gasteiger partial charge in [-0.2, -0.15) is 0 Å². The fraction of sp³-hybridized carbons (Fsp3) is 0.538. The smallest absolute Gasteiger partial charge is 0.0667 e. The number of benzene rings is 1. The quantitative estimate of drug-likeness (QED) is 0.645. The predicted octanol–water partition coefficient (Wildman–Crippen LogP) is 0.950. The molecule has 0 saturated carbocycles. The lowest BCUT2D eigenvalue weighted by Crippen LogP contribution is -2.36.